The molecule has 1 atom stereocenters. The number of ether oxygens (including phenoxy) is 2. The zero-order valence-corrected chi connectivity index (χ0v) is 14.2. The van der Waals surface area contributed by atoms with Crippen molar-refractivity contribution < 1.29 is 24.2 Å². The maximum atomic E-state index is 12.6. The van der Waals surface area contributed by atoms with Crippen LogP contribution in [0.5, 0.6) is 5.75 Å². The van der Waals surface area contributed by atoms with Crippen molar-refractivity contribution in [3.8, 4) is 5.75 Å². The second-order valence-corrected chi connectivity index (χ2v) is 6.29. The molecule has 136 valence electrons. The molecule has 1 aromatic heterocycles. The van der Waals surface area contributed by atoms with Gasteiger partial charge in [-0.2, -0.15) is 0 Å². The predicted molar refractivity (Wildman–Crippen MR) is 92.9 cm³/mol. The lowest BCUT2D eigenvalue weighted by molar-refractivity contribution is -0.138. The van der Waals surface area contributed by atoms with E-state index in [2.05, 4.69) is 10.3 Å². The molecule has 2 heterocycles. The van der Waals surface area contributed by atoms with Crippen LogP contribution in [0, 0.1) is 0 Å². The summed E-state index contributed by atoms with van der Waals surface area (Å²) in [6.45, 7) is 0.972. The van der Waals surface area contributed by atoms with Crippen molar-refractivity contribution >= 4 is 11.9 Å². The Morgan fingerprint density at radius 2 is 2.19 bits per heavy atom. The zero-order chi connectivity index (χ0) is 18.4. The standard InChI is InChI=1S/C19H20N2O5/c22-17(23)10-19(6-8-25-13-19)21-18(24)15-4-1-5-16(9-15)26-12-14-3-2-7-20-11-14/h1-5,7,9,11H,6,8,10,12-13H2,(H,21,24)(H,22,23). The van der Waals surface area contributed by atoms with Gasteiger partial charge in [0.15, 0.2) is 0 Å². The molecule has 2 aromatic rings. The summed E-state index contributed by atoms with van der Waals surface area (Å²) in [6, 6.07) is 10.5. The van der Waals surface area contributed by atoms with Crippen molar-refractivity contribution in [1.29, 1.82) is 0 Å². The molecule has 0 radical (unpaired) electrons. The molecule has 1 saturated heterocycles. The average molecular weight is 356 g/mol. The second kappa shape index (κ2) is 7.97. The molecule has 1 amide bonds. The van der Waals surface area contributed by atoms with Crippen molar-refractivity contribution in [3.05, 3.63) is 59.9 Å². The van der Waals surface area contributed by atoms with Crippen LogP contribution in [0.1, 0.15) is 28.8 Å². The van der Waals surface area contributed by atoms with E-state index < -0.39 is 11.5 Å². The van der Waals surface area contributed by atoms with Crippen molar-refractivity contribution in [2.45, 2.75) is 25.0 Å². The first-order valence-electron chi connectivity index (χ1n) is 8.30. The van der Waals surface area contributed by atoms with E-state index in [9.17, 15) is 9.59 Å². The molecule has 0 saturated carbocycles. The number of carboxylic acids is 1. The smallest absolute Gasteiger partial charge is 0.305 e. The lowest BCUT2D eigenvalue weighted by Crippen LogP contribution is -2.50. The van der Waals surface area contributed by atoms with Gasteiger partial charge in [-0.3, -0.25) is 14.6 Å². The topological polar surface area (TPSA) is 97.8 Å². The molecule has 1 aliphatic heterocycles. The fourth-order valence-electron chi connectivity index (χ4n) is 2.87. The summed E-state index contributed by atoms with van der Waals surface area (Å²) in [6.07, 6.45) is 3.71. The number of nitrogens with zero attached hydrogens (tertiary/aromatic N) is 1. The number of aliphatic carboxylic acids is 1. The van der Waals surface area contributed by atoms with Crippen LogP contribution in [-0.4, -0.2) is 40.7 Å². The van der Waals surface area contributed by atoms with Gasteiger partial charge in [-0.05, 0) is 30.7 Å². The van der Waals surface area contributed by atoms with Crippen LogP contribution in [0.4, 0.5) is 0 Å². The Bertz CT molecular complexity index is 773. The van der Waals surface area contributed by atoms with Gasteiger partial charge in [-0.1, -0.05) is 12.1 Å². The highest BCUT2D eigenvalue weighted by molar-refractivity contribution is 5.95. The van der Waals surface area contributed by atoms with Crippen molar-refractivity contribution in [1.82, 2.24) is 10.3 Å². The normalized spacial score (nSPS) is 19.1. The third-order valence-corrected chi connectivity index (χ3v) is 4.20. The first-order valence-corrected chi connectivity index (χ1v) is 8.30. The summed E-state index contributed by atoms with van der Waals surface area (Å²) in [7, 11) is 0. The molecule has 3 rings (SSSR count). The lowest BCUT2D eigenvalue weighted by Gasteiger charge is -2.27. The molecule has 1 fully saturated rings. The third-order valence-electron chi connectivity index (χ3n) is 4.20. The highest BCUT2D eigenvalue weighted by Crippen LogP contribution is 2.24. The quantitative estimate of drug-likeness (QED) is 0.788. The number of nitrogens with one attached hydrogen (secondary N) is 1. The van der Waals surface area contributed by atoms with Gasteiger partial charge in [0.25, 0.3) is 5.91 Å². The number of benzene rings is 1. The van der Waals surface area contributed by atoms with Crippen LogP contribution < -0.4 is 10.1 Å². The summed E-state index contributed by atoms with van der Waals surface area (Å²) in [5.74, 6) is -0.760. The fraction of sp³-hybridized carbons (Fsp3) is 0.316. The molecule has 7 heteroatoms. The summed E-state index contributed by atoms with van der Waals surface area (Å²) in [5, 5.41) is 11.9. The molecule has 1 unspecified atom stereocenters. The summed E-state index contributed by atoms with van der Waals surface area (Å²) in [4.78, 5) is 27.7. The highest BCUT2D eigenvalue weighted by atomic mass is 16.5. The SMILES string of the molecule is O=C(O)CC1(NC(=O)c2cccc(OCc3cccnc3)c2)CCOC1. The van der Waals surface area contributed by atoms with Gasteiger partial charge in [-0.15, -0.1) is 0 Å². The molecule has 0 aliphatic carbocycles. The van der Waals surface area contributed by atoms with Crippen molar-refractivity contribution in [2.75, 3.05) is 13.2 Å². The van der Waals surface area contributed by atoms with E-state index in [-0.39, 0.29) is 18.9 Å². The van der Waals surface area contributed by atoms with E-state index in [4.69, 9.17) is 14.6 Å². The van der Waals surface area contributed by atoms with Gasteiger partial charge in [0.1, 0.15) is 12.4 Å². The van der Waals surface area contributed by atoms with Crippen LogP contribution in [0.2, 0.25) is 0 Å². The van der Waals surface area contributed by atoms with E-state index in [0.717, 1.165) is 5.56 Å². The molecular weight excluding hydrogens is 336 g/mol. The van der Waals surface area contributed by atoms with Crippen LogP contribution in [0.3, 0.4) is 0 Å². The van der Waals surface area contributed by atoms with E-state index >= 15 is 0 Å². The molecule has 0 spiro atoms. The van der Waals surface area contributed by atoms with Crippen LogP contribution in [0.25, 0.3) is 0 Å². The van der Waals surface area contributed by atoms with Crippen molar-refractivity contribution in [2.24, 2.45) is 0 Å². The van der Waals surface area contributed by atoms with Crippen LogP contribution in [0.15, 0.2) is 48.8 Å². The monoisotopic (exact) mass is 356 g/mol. The molecular formula is C19H20N2O5. The molecule has 2 N–H and O–H groups in total. The number of carboxylic acid groups (broad SMARTS) is 1. The minimum absolute atomic E-state index is 0.171. The summed E-state index contributed by atoms with van der Waals surface area (Å²) >= 11 is 0. The van der Waals surface area contributed by atoms with Crippen molar-refractivity contribution in [3.63, 3.8) is 0 Å². The molecule has 7 nitrogen and oxygen atoms in total. The Hall–Kier alpha value is -2.93. The maximum absolute atomic E-state index is 12.6. The first kappa shape index (κ1) is 17.9. The van der Waals surface area contributed by atoms with Gasteiger partial charge in [-0.25, -0.2) is 0 Å². The Labute approximate surface area is 151 Å². The van der Waals surface area contributed by atoms with Gasteiger partial charge in [0.05, 0.1) is 18.6 Å². The van der Waals surface area contributed by atoms with E-state index in [0.29, 0.717) is 30.9 Å². The Balaban J connectivity index is 1.66. The number of aromatic nitrogens is 1. The van der Waals surface area contributed by atoms with Gasteiger partial charge in [0.2, 0.25) is 0 Å². The highest BCUT2D eigenvalue weighted by Gasteiger charge is 2.38. The lowest BCUT2D eigenvalue weighted by atomic mass is 9.93. The zero-order valence-electron chi connectivity index (χ0n) is 14.2. The Kier molecular flexibility index (Phi) is 5.48. The minimum atomic E-state index is -0.968. The van der Waals surface area contributed by atoms with Gasteiger partial charge >= 0.3 is 5.97 Å². The number of hydrogen-bond donors (Lipinski definition) is 2. The number of rotatable bonds is 7. The van der Waals surface area contributed by atoms with Crippen LogP contribution >= 0.6 is 0 Å². The minimum Gasteiger partial charge on any atom is -0.489 e. The average Bonchev–Trinajstić information content (AvgIpc) is 3.08. The maximum Gasteiger partial charge on any atom is 0.305 e. The van der Waals surface area contributed by atoms with Gasteiger partial charge in [0, 0.05) is 30.1 Å². The van der Waals surface area contributed by atoms with Crippen LogP contribution in [-0.2, 0) is 16.1 Å². The first-order chi connectivity index (χ1) is 12.6. The Morgan fingerprint density at radius 3 is 2.88 bits per heavy atom. The third kappa shape index (κ3) is 4.58. The number of carbonyl (C=O) groups is 2. The molecule has 1 aromatic carbocycles. The molecule has 1 aliphatic rings. The number of amides is 1. The second-order valence-electron chi connectivity index (χ2n) is 6.29. The summed E-state index contributed by atoms with van der Waals surface area (Å²) < 4.78 is 11.0. The van der Waals surface area contributed by atoms with E-state index in [1.807, 2.05) is 12.1 Å². The van der Waals surface area contributed by atoms with Gasteiger partial charge < -0.3 is 19.9 Å². The fourth-order valence-corrected chi connectivity index (χ4v) is 2.87. The van der Waals surface area contributed by atoms with E-state index in [1.54, 1.807) is 36.7 Å². The number of pyridine rings is 1. The van der Waals surface area contributed by atoms with E-state index in [1.165, 1.54) is 0 Å². The summed E-state index contributed by atoms with van der Waals surface area (Å²) in [5.41, 5.74) is 0.464. The number of hydrogen-bond acceptors (Lipinski definition) is 5. The molecule has 0 bridgehead atoms. The Morgan fingerprint density at radius 1 is 1.31 bits per heavy atom. The largest absolute Gasteiger partial charge is 0.489 e. The number of carbonyl (C=O) groups excluding carboxylic acids is 1. The predicted octanol–water partition coefficient (Wildman–Crippen LogP) is 2.02. The molecule has 26 heavy (non-hydrogen) atoms.